The lowest BCUT2D eigenvalue weighted by atomic mass is 9.91. The zero-order chi connectivity index (χ0) is 24.2. The van der Waals surface area contributed by atoms with Crippen molar-refractivity contribution in [3.8, 4) is 0 Å². The standard InChI is InChI=1S/C26H30N2O4S/c1-17(16-32-5)27-23(30)15-28-24(14-22(29)26(2,3)4)33-21(25(28)31)13-19-11-8-10-18-9-6-7-12-20(18)19/h6-14,17H,15-16H2,1-5H3,(H,27,30). The Hall–Kier alpha value is -3.03. The maximum absolute atomic E-state index is 13.3. The third-order valence-electron chi connectivity index (χ3n) is 5.17. The van der Waals surface area contributed by atoms with Crippen LogP contribution in [0.1, 0.15) is 33.3 Å². The van der Waals surface area contributed by atoms with Crippen molar-refractivity contribution in [2.75, 3.05) is 13.7 Å². The van der Waals surface area contributed by atoms with Gasteiger partial charge in [-0.3, -0.25) is 19.0 Å². The largest absolute Gasteiger partial charge is 0.383 e. The summed E-state index contributed by atoms with van der Waals surface area (Å²) >= 11 is 1.22. The fraction of sp³-hybridized carbons (Fsp3) is 0.346. The third kappa shape index (κ3) is 6.06. The van der Waals surface area contributed by atoms with Crippen molar-refractivity contribution in [2.24, 2.45) is 5.41 Å². The van der Waals surface area contributed by atoms with Crippen LogP contribution in [0.25, 0.3) is 22.9 Å². The summed E-state index contributed by atoms with van der Waals surface area (Å²) in [6.07, 6.45) is 3.30. The monoisotopic (exact) mass is 466 g/mol. The second-order valence-electron chi connectivity index (χ2n) is 9.09. The van der Waals surface area contributed by atoms with Crippen molar-refractivity contribution in [3.63, 3.8) is 0 Å². The number of nitrogens with zero attached hydrogens (tertiary/aromatic N) is 1. The van der Waals surface area contributed by atoms with Crippen LogP contribution >= 0.6 is 11.3 Å². The summed E-state index contributed by atoms with van der Waals surface area (Å²) in [6.45, 7) is 7.49. The number of ketones is 1. The quantitative estimate of drug-likeness (QED) is 0.580. The number of fused-ring (bicyclic) bond motifs is 1. The Kier molecular flexibility index (Phi) is 7.66. The van der Waals surface area contributed by atoms with Gasteiger partial charge in [-0.25, -0.2) is 0 Å². The van der Waals surface area contributed by atoms with Gasteiger partial charge in [0.25, 0.3) is 5.56 Å². The van der Waals surface area contributed by atoms with Crippen LogP contribution in [-0.4, -0.2) is 36.0 Å². The molecular weight excluding hydrogens is 436 g/mol. The van der Waals surface area contributed by atoms with Crippen LogP contribution in [0.4, 0.5) is 0 Å². The molecule has 3 aromatic rings. The molecule has 1 N–H and O–H groups in total. The van der Waals surface area contributed by atoms with E-state index in [1.165, 1.54) is 22.0 Å². The summed E-state index contributed by atoms with van der Waals surface area (Å²) in [5, 5.41) is 4.93. The van der Waals surface area contributed by atoms with Gasteiger partial charge in [-0.1, -0.05) is 63.2 Å². The molecule has 0 spiro atoms. The number of thiazole rings is 1. The average molecular weight is 467 g/mol. The lowest BCUT2D eigenvalue weighted by Gasteiger charge is -2.14. The van der Waals surface area contributed by atoms with E-state index in [2.05, 4.69) is 5.32 Å². The van der Waals surface area contributed by atoms with Crippen LogP contribution in [0.15, 0.2) is 47.3 Å². The highest BCUT2D eigenvalue weighted by Crippen LogP contribution is 2.19. The Morgan fingerprint density at radius 1 is 1.15 bits per heavy atom. The van der Waals surface area contributed by atoms with Gasteiger partial charge in [0.05, 0.1) is 11.1 Å². The molecule has 2 aromatic carbocycles. The highest BCUT2D eigenvalue weighted by Gasteiger charge is 2.20. The number of hydrogen-bond acceptors (Lipinski definition) is 5. The Morgan fingerprint density at radius 3 is 2.55 bits per heavy atom. The molecule has 0 bridgehead atoms. The summed E-state index contributed by atoms with van der Waals surface area (Å²) in [5.41, 5.74) is 0.0143. The number of nitrogens with one attached hydrogen (secondary N) is 1. The molecule has 1 unspecified atom stereocenters. The predicted octanol–water partition coefficient (Wildman–Crippen LogP) is 2.44. The fourth-order valence-electron chi connectivity index (χ4n) is 3.39. The molecule has 1 aromatic heterocycles. The minimum absolute atomic E-state index is 0.109. The number of amides is 1. The molecule has 7 heteroatoms. The molecule has 33 heavy (non-hydrogen) atoms. The van der Waals surface area contributed by atoms with Gasteiger partial charge in [0.2, 0.25) is 5.91 Å². The normalized spacial score (nSPS) is 14.0. The molecule has 0 aliphatic carbocycles. The maximum atomic E-state index is 13.3. The van der Waals surface area contributed by atoms with Crippen molar-refractivity contribution >= 4 is 46.0 Å². The van der Waals surface area contributed by atoms with E-state index >= 15 is 0 Å². The second kappa shape index (κ2) is 10.3. The van der Waals surface area contributed by atoms with Crippen molar-refractivity contribution in [1.29, 1.82) is 0 Å². The highest BCUT2D eigenvalue weighted by atomic mass is 32.1. The minimum atomic E-state index is -0.598. The summed E-state index contributed by atoms with van der Waals surface area (Å²) in [4.78, 5) is 38.6. The number of aromatic nitrogens is 1. The van der Waals surface area contributed by atoms with Gasteiger partial charge in [-0.05, 0) is 29.3 Å². The molecule has 0 saturated heterocycles. The highest BCUT2D eigenvalue weighted by molar-refractivity contribution is 7.07. The van der Waals surface area contributed by atoms with Gasteiger partial charge in [-0.2, -0.15) is 0 Å². The molecule has 0 aliphatic rings. The smallest absolute Gasteiger partial charge is 0.269 e. The van der Waals surface area contributed by atoms with E-state index in [4.69, 9.17) is 4.74 Å². The zero-order valence-electron chi connectivity index (χ0n) is 19.7. The number of carbonyl (C=O) groups excluding carboxylic acids is 2. The Labute approximate surface area is 197 Å². The van der Waals surface area contributed by atoms with E-state index in [1.54, 1.807) is 7.11 Å². The molecule has 0 radical (unpaired) electrons. The van der Waals surface area contributed by atoms with E-state index < -0.39 is 5.41 Å². The molecule has 1 amide bonds. The van der Waals surface area contributed by atoms with Crippen LogP contribution in [0.3, 0.4) is 0 Å². The first kappa shape index (κ1) is 24.6. The first-order valence-corrected chi connectivity index (χ1v) is 11.7. The number of methoxy groups -OCH3 is 1. The van der Waals surface area contributed by atoms with E-state index in [0.29, 0.717) is 15.8 Å². The van der Waals surface area contributed by atoms with E-state index in [-0.39, 0.29) is 29.8 Å². The van der Waals surface area contributed by atoms with Crippen LogP contribution in [0, 0.1) is 5.41 Å². The Balaban J connectivity index is 2.13. The maximum Gasteiger partial charge on any atom is 0.269 e. The molecule has 174 valence electrons. The van der Waals surface area contributed by atoms with Crippen molar-refractivity contribution < 1.29 is 14.3 Å². The molecule has 6 nitrogen and oxygen atoms in total. The lowest BCUT2D eigenvalue weighted by molar-refractivity contribution is -0.123. The van der Waals surface area contributed by atoms with Gasteiger partial charge in [0, 0.05) is 24.6 Å². The summed E-state index contributed by atoms with van der Waals surface area (Å²) < 4.78 is 7.36. The molecular formula is C26H30N2O4S. The molecule has 0 fully saturated rings. The van der Waals surface area contributed by atoms with Crippen LogP contribution in [-0.2, 0) is 20.9 Å². The number of rotatable bonds is 7. The number of Topliss-reactive ketones (excluding diaryl/α,β-unsaturated/α-hetero) is 1. The SMILES string of the molecule is COCC(C)NC(=O)Cn1c(=CC(=O)C(C)(C)C)sc(=Cc2cccc3ccccc23)c1=O. The first-order chi connectivity index (χ1) is 15.6. The predicted molar refractivity (Wildman–Crippen MR) is 134 cm³/mol. The van der Waals surface area contributed by atoms with Gasteiger partial charge < -0.3 is 10.1 Å². The van der Waals surface area contributed by atoms with E-state index in [9.17, 15) is 14.4 Å². The van der Waals surface area contributed by atoms with Crippen molar-refractivity contribution in [3.05, 3.63) is 67.6 Å². The number of ether oxygens (including phenoxy) is 1. The summed E-state index contributed by atoms with van der Waals surface area (Å²) in [7, 11) is 1.56. The second-order valence-corrected chi connectivity index (χ2v) is 10.2. The zero-order valence-corrected chi connectivity index (χ0v) is 20.5. The Morgan fingerprint density at radius 2 is 1.85 bits per heavy atom. The van der Waals surface area contributed by atoms with Gasteiger partial charge >= 0.3 is 0 Å². The third-order valence-corrected chi connectivity index (χ3v) is 6.23. The lowest BCUT2D eigenvalue weighted by Crippen LogP contribution is -2.42. The van der Waals surface area contributed by atoms with E-state index in [0.717, 1.165) is 16.3 Å². The summed E-state index contributed by atoms with van der Waals surface area (Å²) in [5.74, 6) is -0.420. The van der Waals surface area contributed by atoms with Gasteiger partial charge in [0.1, 0.15) is 11.2 Å². The summed E-state index contributed by atoms with van der Waals surface area (Å²) in [6, 6.07) is 13.7. The molecule has 0 aliphatic heterocycles. The average Bonchev–Trinajstić information content (AvgIpc) is 3.02. The fourth-order valence-corrected chi connectivity index (χ4v) is 4.43. The van der Waals surface area contributed by atoms with Crippen LogP contribution in [0.5, 0.6) is 0 Å². The molecule has 1 atom stereocenters. The van der Waals surface area contributed by atoms with Gasteiger partial charge in [-0.15, -0.1) is 11.3 Å². The van der Waals surface area contributed by atoms with Crippen LogP contribution < -0.4 is 20.1 Å². The minimum Gasteiger partial charge on any atom is -0.383 e. The number of benzene rings is 2. The van der Waals surface area contributed by atoms with E-state index in [1.807, 2.05) is 76.2 Å². The van der Waals surface area contributed by atoms with Crippen molar-refractivity contribution in [2.45, 2.75) is 40.3 Å². The number of hydrogen-bond donors (Lipinski definition) is 1. The van der Waals surface area contributed by atoms with Crippen LogP contribution in [0.2, 0.25) is 0 Å². The Bertz CT molecular complexity index is 1340. The van der Waals surface area contributed by atoms with Gasteiger partial charge in [0.15, 0.2) is 5.78 Å². The number of carbonyl (C=O) groups is 2. The first-order valence-electron chi connectivity index (χ1n) is 10.8. The topological polar surface area (TPSA) is 77.4 Å². The molecule has 0 saturated carbocycles. The molecule has 3 rings (SSSR count). The van der Waals surface area contributed by atoms with Crippen molar-refractivity contribution in [1.82, 2.24) is 9.88 Å². The molecule has 1 heterocycles.